The first-order valence-corrected chi connectivity index (χ1v) is 14.2. The number of nitrogens with zero attached hydrogens (tertiary/aromatic N) is 6. The maximum Gasteiger partial charge on any atom is 0.416 e. The van der Waals surface area contributed by atoms with Crippen LogP contribution in [0.5, 0.6) is 0 Å². The van der Waals surface area contributed by atoms with E-state index < -0.39 is 23.1 Å². The first kappa shape index (κ1) is 29.7. The number of aromatic nitrogens is 3. The molecule has 8 nitrogen and oxygen atoms in total. The predicted octanol–water partition coefficient (Wildman–Crippen LogP) is 5.41. The number of amides is 1. The average molecular weight is 581 g/mol. The molecule has 0 bridgehead atoms. The molecule has 0 saturated carbocycles. The molecule has 3 heterocycles. The summed E-state index contributed by atoms with van der Waals surface area (Å²) in [7, 11) is 1.85. The van der Waals surface area contributed by atoms with Crippen molar-refractivity contribution in [3.8, 4) is 6.07 Å². The fraction of sp³-hybridized carbons (Fsp3) is 0.484. The highest BCUT2D eigenvalue weighted by atomic mass is 19.4. The standard InChI is InChI=1S/C31H35F3N6O2/c1-4-8-30(9-10-35,16-28-37-36-20-38(28)3)23-6-5-7-24(15-23)40-19-26-25(29(40)41)13-22(14-27(26)31(32,33)34)18-39-11-12-42-21(2)17-39/h5-7,13-15,20-21H,4,8-9,11-12,16-19H2,1-3H3/t21-,30-/m1/s1. The van der Waals surface area contributed by atoms with Gasteiger partial charge in [-0.1, -0.05) is 25.5 Å². The summed E-state index contributed by atoms with van der Waals surface area (Å²) < 4.78 is 50.3. The molecule has 2 aromatic carbocycles. The van der Waals surface area contributed by atoms with Crippen molar-refractivity contribution in [2.24, 2.45) is 7.05 Å². The molecule has 1 fully saturated rings. The molecule has 0 aliphatic carbocycles. The largest absolute Gasteiger partial charge is 0.416 e. The monoisotopic (exact) mass is 580 g/mol. The highest BCUT2D eigenvalue weighted by Gasteiger charge is 2.41. The molecule has 1 amide bonds. The van der Waals surface area contributed by atoms with Crippen LogP contribution in [0.4, 0.5) is 18.9 Å². The third kappa shape index (κ3) is 5.92. The number of hydrogen-bond donors (Lipinski definition) is 0. The highest BCUT2D eigenvalue weighted by molar-refractivity contribution is 6.10. The molecule has 0 radical (unpaired) electrons. The van der Waals surface area contributed by atoms with Crippen molar-refractivity contribution in [3.63, 3.8) is 0 Å². The van der Waals surface area contributed by atoms with Crippen molar-refractivity contribution in [2.45, 2.75) is 70.3 Å². The molecule has 2 atom stereocenters. The first-order chi connectivity index (χ1) is 20.0. The number of nitriles is 1. The van der Waals surface area contributed by atoms with Crippen molar-refractivity contribution in [1.82, 2.24) is 19.7 Å². The summed E-state index contributed by atoms with van der Waals surface area (Å²) in [5.74, 6) is 0.269. The third-order valence-electron chi connectivity index (χ3n) is 8.36. The van der Waals surface area contributed by atoms with Gasteiger partial charge in [-0.25, -0.2) is 0 Å². The molecule has 42 heavy (non-hydrogen) atoms. The van der Waals surface area contributed by atoms with Gasteiger partial charge in [0, 0.05) is 56.2 Å². The number of aryl methyl sites for hydroxylation is 1. The van der Waals surface area contributed by atoms with Crippen molar-refractivity contribution >= 4 is 11.6 Å². The Morgan fingerprint density at radius 1 is 1.21 bits per heavy atom. The number of fused-ring (bicyclic) bond motifs is 1. The lowest BCUT2D eigenvalue weighted by atomic mass is 9.71. The Hall–Kier alpha value is -3.75. The SMILES string of the molecule is CCC[C@@](CC#N)(Cc1nncn1C)c1cccc(N2Cc3c(cc(CN4CCO[C@H](C)C4)cc3C(F)(F)F)C2=O)c1. The van der Waals surface area contributed by atoms with E-state index in [1.54, 1.807) is 24.5 Å². The van der Waals surface area contributed by atoms with E-state index in [4.69, 9.17) is 4.74 Å². The van der Waals surface area contributed by atoms with E-state index in [1.165, 1.54) is 11.0 Å². The summed E-state index contributed by atoms with van der Waals surface area (Å²) in [5, 5.41) is 18.0. The summed E-state index contributed by atoms with van der Waals surface area (Å²) >= 11 is 0. The van der Waals surface area contributed by atoms with Gasteiger partial charge in [0.2, 0.25) is 0 Å². The molecule has 1 aromatic heterocycles. The molecular weight excluding hydrogens is 545 g/mol. The summed E-state index contributed by atoms with van der Waals surface area (Å²) in [6, 6.07) is 12.4. The third-order valence-corrected chi connectivity index (χ3v) is 8.36. The fourth-order valence-electron chi connectivity index (χ4n) is 6.30. The molecule has 222 valence electrons. The highest BCUT2D eigenvalue weighted by Crippen LogP contribution is 2.42. The van der Waals surface area contributed by atoms with E-state index in [0.717, 1.165) is 17.8 Å². The molecule has 2 aliphatic heterocycles. The summed E-state index contributed by atoms with van der Waals surface area (Å²) in [5.41, 5.74) is 0.509. The van der Waals surface area contributed by atoms with Gasteiger partial charge in [0.05, 0.1) is 30.9 Å². The second kappa shape index (κ2) is 11.9. The van der Waals surface area contributed by atoms with Gasteiger partial charge in [-0.3, -0.25) is 9.69 Å². The minimum absolute atomic E-state index is 0.00538. The molecule has 5 rings (SSSR count). The minimum Gasteiger partial charge on any atom is -0.376 e. The van der Waals surface area contributed by atoms with Crippen molar-refractivity contribution < 1.29 is 22.7 Å². The van der Waals surface area contributed by atoms with Crippen LogP contribution in [0.15, 0.2) is 42.7 Å². The number of carbonyl (C=O) groups is 1. The van der Waals surface area contributed by atoms with Crippen LogP contribution in [0.1, 0.15) is 71.5 Å². The van der Waals surface area contributed by atoms with E-state index in [0.29, 0.717) is 50.3 Å². The zero-order valence-corrected chi connectivity index (χ0v) is 24.1. The summed E-state index contributed by atoms with van der Waals surface area (Å²) in [6.07, 6.45) is -0.826. The lowest BCUT2D eigenvalue weighted by Crippen LogP contribution is -2.40. The van der Waals surface area contributed by atoms with Crippen LogP contribution in [0.3, 0.4) is 0 Å². The number of alkyl halides is 3. The van der Waals surface area contributed by atoms with E-state index in [-0.39, 0.29) is 30.2 Å². The van der Waals surface area contributed by atoms with E-state index in [2.05, 4.69) is 21.2 Å². The van der Waals surface area contributed by atoms with Crippen molar-refractivity contribution in [2.75, 3.05) is 24.6 Å². The van der Waals surface area contributed by atoms with Gasteiger partial charge in [-0.2, -0.15) is 18.4 Å². The van der Waals surface area contributed by atoms with Crippen LogP contribution in [0.25, 0.3) is 0 Å². The van der Waals surface area contributed by atoms with Gasteiger partial charge < -0.3 is 14.2 Å². The summed E-state index contributed by atoms with van der Waals surface area (Å²) in [6.45, 7) is 5.86. The first-order valence-electron chi connectivity index (χ1n) is 14.2. The zero-order chi connectivity index (χ0) is 30.1. The van der Waals surface area contributed by atoms with Gasteiger partial charge in [-0.15, -0.1) is 10.2 Å². The maximum absolute atomic E-state index is 14.3. The lowest BCUT2D eigenvalue weighted by molar-refractivity contribution is -0.138. The Balaban J connectivity index is 1.50. The topological polar surface area (TPSA) is 87.3 Å². The number of rotatable bonds is 9. The normalized spacial score (nSPS) is 19.0. The molecule has 11 heteroatoms. The Kier molecular flexibility index (Phi) is 8.39. The van der Waals surface area contributed by atoms with Gasteiger partial charge in [0.15, 0.2) is 0 Å². The predicted molar refractivity (Wildman–Crippen MR) is 151 cm³/mol. The van der Waals surface area contributed by atoms with Gasteiger partial charge in [0.25, 0.3) is 5.91 Å². The van der Waals surface area contributed by atoms with Gasteiger partial charge in [0.1, 0.15) is 12.2 Å². The van der Waals surface area contributed by atoms with Crippen LogP contribution in [-0.2, 0) is 42.9 Å². The van der Waals surface area contributed by atoms with Crippen LogP contribution in [0.2, 0.25) is 0 Å². The number of ether oxygens (including phenoxy) is 1. The minimum atomic E-state index is -4.60. The Labute approximate surface area is 243 Å². The van der Waals surface area contributed by atoms with Crippen molar-refractivity contribution in [3.05, 3.63) is 76.4 Å². The maximum atomic E-state index is 14.3. The molecule has 3 aromatic rings. The Morgan fingerprint density at radius 3 is 2.69 bits per heavy atom. The van der Waals surface area contributed by atoms with Gasteiger partial charge >= 0.3 is 6.18 Å². The van der Waals surface area contributed by atoms with Gasteiger partial charge in [-0.05, 0) is 54.3 Å². The fourth-order valence-corrected chi connectivity index (χ4v) is 6.30. The molecule has 0 spiro atoms. The molecule has 0 unspecified atom stereocenters. The Morgan fingerprint density at radius 2 is 2.02 bits per heavy atom. The second-order valence-corrected chi connectivity index (χ2v) is 11.4. The Bertz CT molecular complexity index is 1500. The van der Waals surface area contributed by atoms with Crippen LogP contribution < -0.4 is 4.90 Å². The average Bonchev–Trinajstić information content (AvgIpc) is 3.50. The van der Waals surface area contributed by atoms with E-state index in [1.807, 2.05) is 37.6 Å². The second-order valence-electron chi connectivity index (χ2n) is 11.4. The lowest BCUT2D eigenvalue weighted by Gasteiger charge is -2.32. The molecular formula is C31H35F3N6O2. The number of morpholine rings is 1. The smallest absolute Gasteiger partial charge is 0.376 e. The van der Waals surface area contributed by atoms with E-state index >= 15 is 0 Å². The summed E-state index contributed by atoms with van der Waals surface area (Å²) in [4.78, 5) is 17.2. The zero-order valence-electron chi connectivity index (χ0n) is 24.1. The number of benzene rings is 2. The van der Waals surface area contributed by atoms with Crippen LogP contribution in [0, 0.1) is 11.3 Å². The number of halogens is 3. The molecule has 2 aliphatic rings. The molecule has 1 saturated heterocycles. The van der Waals surface area contributed by atoms with Crippen LogP contribution in [-0.4, -0.2) is 51.4 Å². The quantitative estimate of drug-likeness (QED) is 0.337. The molecule has 0 N–H and O–H groups in total. The number of hydrogen-bond acceptors (Lipinski definition) is 6. The van der Waals surface area contributed by atoms with Crippen LogP contribution >= 0.6 is 0 Å². The number of anilines is 1. The van der Waals surface area contributed by atoms with Crippen molar-refractivity contribution in [1.29, 1.82) is 5.26 Å². The number of carbonyl (C=O) groups excluding carboxylic acids is 1. The van der Waals surface area contributed by atoms with E-state index in [9.17, 15) is 23.2 Å².